The van der Waals surface area contributed by atoms with Crippen LogP contribution in [0.15, 0.2) is 24.3 Å². The number of benzene rings is 1. The number of nitro benzene ring substituents is 1. The molecule has 9 heteroatoms. The predicted molar refractivity (Wildman–Crippen MR) is 92.2 cm³/mol. The lowest BCUT2D eigenvalue weighted by molar-refractivity contribution is -0.385. The molecule has 0 unspecified atom stereocenters. The number of ether oxygens (including phenoxy) is 1. The summed E-state index contributed by atoms with van der Waals surface area (Å²) < 4.78 is 28.8. The largest absolute Gasteiger partial charge is 0.477 e. The van der Waals surface area contributed by atoms with E-state index in [2.05, 4.69) is 0 Å². The number of carbonyl (C=O) groups excluding carboxylic acids is 1. The minimum Gasteiger partial charge on any atom is -0.477 e. The highest BCUT2D eigenvalue weighted by Gasteiger charge is 2.35. The summed E-state index contributed by atoms with van der Waals surface area (Å²) in [5.41, 5.74) is -0.214. The van der Waals surface area contributed by atoms with Crippen LogP contribution < -0.4 is 4.74 Å². The molecule has 0 spiro atoms. The Labute approximate surface area is 146 Å². The van der Waals surface area contributed by atoms with Crippen LogP contribution in [-0.2, 0) is 14.6 Å². The molecule has 138 valence electrons. The number of nitro groups is 1. The van der Waals surface area contributed by atoms with Crippen molar-refractivity contribution in [3.8, 4) is 5.75 Å². The van der Waals surface area contributed by atoms with Gasteiger partial charge in [-0.05, 0) is 18.4 Å². The Balaban J connectivity index is 2.09. The van der Waals surface area contributed by atoms with Gasteiger partial charge in [0.1, 0.15) is 0 Å². The van der Waals surface area contributed by atoms with Crippen LogP contribution in [-0.4, -0.2) is 54.8 Å². The molecule has 0 aromatic heterocycles. The maximum atomic E-state index is 12.6. The van der Waals surface area contributed by atoms with Crippen LogP contribution in [0.5, 0.6) is 5.75 Å². The highest BCUT2D eigenvalue weighted by atomic mass is 32.2. The molecule has 1 saturated heterocycles. The molecule has 1 amide bonds. The molecule has 1 fully saturated rings. The highest BCUT2D eigenvalue weighted by molar-refractivity contribution is 7.91. The van der Waals surface area contributed by atoms with Crippen molar-refractivity contribution >= 4 is 21.4 Å². The number of nitrogens with zero attached hydrogens (tertiary/aromatic N) is 2. The number of rotatable bonds is 7. The van der Waals surface area contributed by atoms with Crippen molar-refractivity contribution in [1.82, 2.24) is 4.90 Å². The second-order valence-corrected chi connectivity index (χ2v) is 8.74. The van der Waals surface area contributed by atoms with E-state index in [1.165, 1.54) is 23.1 Å². The molecule has 25 heavy (non-hydrogen) atoms. The van der Waals surface area contributed by atoms with Gasteiger partial charge in [-0.2, -0.15) is 0 Å². The molecule has 1 aromatic carbocycles. The van der Waals surface area contributed by atoms with Crippen LogP contribution >= 0.6 is 0 Å². The number of para-hydroxylation sites is 2. The minimum atomic E-state index is -3.12. The van der Waals surface area contributed by atoms with Gasteiger partial charge in [0.25, 0.3) is 5.91 Å². The Morgan fingerprint density at radius 3 is 2.64 bits per heavy atom. The van der Waals surface area contributed by atoms with Crippen molar-refractivity contribution < 1.29 is 22.9 Å². The molecule has 0 N–H and O–H groups in total. The molecule has 0 saturated carbocycles. The molecular formula is C16H22N2O6S. The zero-order chi connectivity index (χ0) is 18.6. The van der Waals surface area contributed by atoms with Crippen LogP contribution in [0.25, 0.3) is 0 Å². The standard InChI is InChI=1S/C16H22N2O6S/c1-12(2)9-17(13-7-8-25(22,23)11-13)16(19)10-24-15-6-4-3-5-14(15)18(20)21/h3-6,12-13H,7-11H2,1-2H3/t13-/m1/s1. The molecule has 0 aliphatic carbocycles. The van der Waals surface area contributed by atoms with E-state index >= 15 is 0 Å². The molecule has 0 bridgehead atoms. The summed E-state index contributed by atoms with van der Waals surface area (Å²) in [6, 6.07) is 5.46. The summed E-state index contributed by atoms with van der Waals surface area (Å²) in [4.78, 5) is 24.5. The third kappa shape index (κ3) is 5.15. The van der Waals surface area contributed by atoms with Crippen molar-refractivity contribution in [2.45, 2.75) is 26.3 Å². The first-order chi connectivity index (χ1) is 11.7. The average molecular weight is 370 g/mol. The monoisotopic (exact) mass is 370 g/mol. The highest BCUT2D eigenvalue weighted by Crippen LogP contribution is 2.26. The van der Waals surface area contributed by atoms with Crippen LogP contribution in [0.3, 0.4) is 0 Å². The quantitative estimate of drug-likeness (QED) is 0.533. The fraction of sp³-hybridized carbons (Fsp3) is 0.562. The van der Waals surface area contributed by atoms with Crippen molar-refractivity contribution in [1.29, 1.82) is 0 Å². The van der Waals surface area contributed by atoms with Gasteiger partial charge in [0, 0.05) is 18.7 Å². The number of hydrogen-bond acceptors (Lipinski definition) is 6. The minimum absolute atomic E-state index is 0.0180. The van der Waals surface area contributed by atoms with Crippen molar-refractivity contribution in [2.75, 3.05) is 24.7 Å². The Morgan fingerprint density at radius 2 is 2.08 bits per heavy atom. The lowest BCUT2D eigenvalue weighted by atomic mass is 10.1. The van der Waals surface area contributed by atoms with E-state index in [0.717, 1.165) is 0 Å². The maximum Gasteiger partial charge on any atom is 0.310 e. The van der Waals surface area contributed by atoms with Crippen LogP contribution in [0, 0.1) is 16.0 Å². The molecule has 1 atom stereocenters. The smallest absolute Gasteiger partial charge is 0.310 e. The number of sulfone groups is 1. The summed E-state index contributed by atoms with van der Waals surface area (Å²) >= 11 is 0. The van der Waals surface area contributed by atoms with E-state index in [0.29, 0.717) is 13.0 Å². The normalized spacial score (nSPS) is 18.9. The predicted octanol–water partition coefficient (Wildman–Crippen LogP) is 1.65. The van der Waals surface area contributed by atoms with Gasteiger partial charge < -0.3 is 9.64 Å². The van der Waals surface area contributed by atoms with Gasteiger partial charge in [0.15, 0.2) is 22.2 Å². The third-order valence-electron chi connectivity index (χ3n) is 3.94. The van der Waals surface area contributed by atoms with E-state index in [1.807, 2.05) is 13.8 Å². The molecule has 0 radical (unpaired) electrons. The Kier molecular flexibility index (Phi) is 5.99. The van der Waals surface area contributed by atoms with Gasteiger partial charge >= 0.3 is 5.69 Å². The van der Waals surface area contributed by atoms with Crippen molar-refractivity contribution in [3.05, 3.63) is 34.4 Å². The lowest BCUT2D eigenvalue weighted by Gasteiger charge is -2.29. The average Bonchev–Trinajstić information content (AvgIpc) is 2.90. The molecule has 8 nitrogen and oxygen atoms in total. The topological polar surface area (TPSA) is 107 Å². The lowest BCUT2D eigenvalue weighted by Crippen LogP contribution is -2.45. The van der Waals surface area contributed by atoms with E-state index in [1.54, 1.807) is 6.07 Å². The molecule has 1 aliphatic heterocycles. The first-order valence-electron chi connectivity index (χ1n) is 8.05. The SMILES string of the molecule is CC(C)CN(C(=O)COc1ccccc1[N+](=O)[O-])[C@@H]1CCS(=O)(=O)C1. The van der Waals surface area contributed by atoms with Gasteiger partial charge in [-0.25, -0.2) is 8.42 Å². The number of amides is 1. The second-order valence-electron chi connectivity index (χ2n) is 6.51. The second kappa shape index (κ2) is 7.81. The molecular weight excluding hydrogens is 348 g/mol. The van der Waals surface area contributed by atoms with Gasteiger partial charge in [0.2, 0.25) is 0 Å². The summed E-state index contributed by atoms with van der Waals surface area (Å²) in [5, 5.41) is 11.0. The van der Waals surface area contributed by atoms with Crippen molar-refractivity contribution in [2.24, 2.45) is 5.92 Å². The van der Waals surface area contributed by atoms with E-state index in [4.69, 9.17) is 4.74 Å². The van der Waals surface area contributed by atoms with Gasteiger partial charge in [-0.1, -0.05) is 26.0 Å². The Morgan fingerprint density at radius 1 is 1.40 bits per heavy atom. The van der Waals surface area contributed by atoms with E-state index < -0.39 is 14.8 Å². The van der Waals surface area contributed by atoms with Gasteiger partial charge in [0.05, 0.1) is 16.4 Å². The fourth-order valence-electron chi connectivity index (χ4n) is 2.82. The van der Waals surface area contributed by atoms with Crippen LogP contribution in [0.2, 0.25) is 0 Å². The van der Waals surface area contributed by atoms with Crippen LogP contribution in [0.4, 0.5) is 5.69 Å². The zero-order valence-corrected chi connectivity index (χ0v) is 15.1. The maximum absolute atomic E-state index is 12.6. The van der Waals surface area contributed by atoms with Gasteiger partial charge in [-0.15, -0.1) is 0 Å². The Bertz CT molecular complexity index is 747. The van der Waals surface area contributed by atoms with E-state index in [9.17, 15) is 23.3 Å². The first kappa shape index (κ1) is 19.2. The number of hydrogen-bond donors (Lipinski definition) is 0. The van der Waals surface area contributed by atoms with Gasteiger partial charge in [-0.3, -0.25) is 14.9 Å². The summed E-state index contributed by atoms with van der Waals surface area (Å²) in [5.74, 6) is -0.154. The first-order valence-corrected chi connectivity index (χ1v) is 9.88. The fourth-order valence-corrected chi connectivity index (χ4v) is 4.55. The summed E-state index contributed by atoms with van der Waals surface area (Å²) in [6.07, 6.45) is 0.409. The number of carbonyl (C=O) groups is 1. The van der Waals surface area contributed by atoms with Crippen molar-refractivity contribution in [3.63, 3.8) is 0 Å². The molecule has 1 aromatic rings. The molecule has 1 aliphatic rings. The molecule has 1 heterocycles. The third-order valence-corrected chi connectivity index (χ3v) is 5.69. The summed E-state index contributed by atoms with van der Waals surface area (Å²) in [6.45, 7) is 3.92. The summed E-state index contributed by atoms with van der Waals surface area (Å²) in [7, 11) is -3.12. The van der Waals surface area contributed by atoms with Crippen LogP contribution in [0.1, 0.15) is 20.3 Å². The van der Waals surface area contributed by atoms with E-state index in [-0.39, 0.29) is 47.4 Å². The molecule has 2 rings (SSSR count). The Hall–Kier alpha value is -2.16. The zero-order valence-electron chi connectivity index (χ0n) is 14.3.